The van der Waals surface area contributed by atoms with Crippen molar-refractivity contribution in [1.82, 2.24) is 4.57 Å². The van der Waals surface area contributed by atoms with E-state index in [0.717, 1.165) is 5.52 Å². The van der Waals surface area contributed by atoms with E-state index in [2.05, 4.69) is 12.1 Å². The van der Waals surface area contributed by atoms with Crippen LogP contribution >= 0.6 is 0 Å². The SMILES string of the molecule is CCOC(=O)c1cn(CC)c2cc(C3CCCCC3)ccc2c1=O. The van der Waals surface area contributed by atoms with Gasteiger partial charge in [-0.1, -0.05) is 25.3 Å². The molecule has 1 saturated carbocycles. The Kier molecular flexibility index (Phi) is 5.03. The Bertz CT molecular complexity index is 800. The van der Waals surface area contributed by atoms with Crippen LogP contribution in [0, 0.1) is 0 Å². The summed E-state index contributed by atoms with van der Waals surface area (Å²) < 4.78 is 7.01. The maximum absolute atomic E-state index is 12.7. The topological polar surface area (TPSA) is 48.3 Å². The minimum Gasteiger partial charge on any atom is -0.462 e. The molecule has 0 unspecified atom stereocenters. The number of rotatable bonds is 4. The normalized spacial score (nSPS) is 15.6. The van der Waals surface area contributed by atoms with Crippen LogP contribution in [0.3, 0.4) is 0 Å². The molecule has 1 heterocycles. The van der Waals surface area contributed by atoms with Gasteiger partial charge in [0.25, 0.3) is 0 Å². The molecule has 1 aromatic carbocycles. The summed E-state index contributed by atoms with van der Waals surface area (Å²) in [6.45, 7) is 4.74. The van der Waals surface area contributed by atoms with Gasteiger partial charge in [-0.15, -0.1) is 0 Å². The third kappa shape index (κ3) is 3.10. The van der Waals surface area contributed by atoms with Crippen LogP contribution in [0.4, 0.5) is 0 Å². The maximum Gasteiger partial charge on any atom is 0.343 e. The highest BCUT2D eigenvalue weighted by atomic mass is 16.5. The molecule has 4 nitrogen and oxygen atoms in total. The van der Waals surface area contributed by atoms with Crippen molar-refractivity contribution in [2.75, 3.05) is 6.61 Å². The Morgan fingerprint density at radius 1 is 1.21 bits per heavy atom. The summed E-state index contributed by atoms with van der Waals surface area (Å²) in [5.41, 5.74) is 2.12. The fraction of sp³-hybridized carbons (Fsp3) is 0.500. The highest BCUT2D eigenvalue weighted by Crippen LogP contribution is 2.33. The van der Waals surface area contributed by atoms with E-state index in [9.17, 15) is 9.59 Å². The van der Waals surface area contributed by atoms with Crippen LogP contribution in [0.1, 0.15) is 67.8 Å². The van der Waals surface area contributed by atoms with Crippen molar-refractivity contribution in [3.8, 4) is 0 Å². The molecular weight excluding hydrogens is 302 g/mol. The predicted molar refractivity (Wildman–Crippen MR) is 95.7 cm³/mol. The van der Waals surface area contributed by atoms with Crippen molar-refractivity contribution >= 4 is 16.9 Å². The lowest BCUT2D eigenvalue weighted by atomic mass is 9.84. The van der Waals surface area contributed by atoms with Gasteiger partial charge >= 0.3 is 5.97 Å². The van der Waals surface area contributed by atoms with Crippen molar-refractivity contribution < 1.29 is 9.53 Å². The number of aromatic nitrogens is 1. The Morgan fingerprint density at radius 3 is 2.62 bits per heavy atom. The number of benzene rings is 1. The molecule has 0 spiro atoms. The second kappa shape index (κ2) is 7.20. The zero-order valence-electron chi connectivity index (χ0n) is 14.5. The molecule has 0 radical (unpaired) electrons. The first-order valence-electron chi connectivity index (χ1n) is 9.00. The molecule has 1 aromatic heterocycles. The lowest BCUT2D eigenvalue weighted by Gasteiger charge is -2.22. The summed E-state index contributed by atoms with van der Waals surface area (Å²) in [6, 6.07) is 6.09. The minimum absolute atomic E-state index is 0.122. The highest BCUT2D eigenvalue weighted by molar-refractivity contribution is 5.93. The lowest BCUT2D eigenvalue weighted by Crippen LogP contribution is -2.21. The summed E-state index contributed by atoms with van der Waals surface area (Å²) in [6.07, 6.45) is 7.99. The van der Waals surface area contributed by atoms with E-state index in [1.54, 1.807) is 13.1 Å². The molecular formula is C20H25NO3. The molecule has 0 atom stereocenters. The number of esters is 1. The van der Waals surface area contributed by atoms with Gasteiger partial charge < -0.3 is 9.30 Å². The van der Waals surface area contributed by atoms with E-state index in [-0.39, 0.29) is 17.6 Å². The molecule has 0 aliphatic heterocycles. The number of pyridine rings is 1. The van der Waals surface area contributed by atoms with Crippen LogP contribution in [0.2, 0.25) is 0 Å². The Hall–Kier alpha value is -2.10. The van der Waals surface area contributed by atoms with Gasteiger partial charge in [0.15, 0.2) is 0 Å². The minimum atomic E-state index is -0.539. The molecule has 3 rings (SSSR count). The third-order valence-corrected chi connectivity index (χ3v) is 5.02. The number of hydrogen-bond acceptors (Lipinski definition) is 3. The van der Waals surface area contributed by atoms with Crippen LogP contribution in [0.25, 0.3) is 10.9 Å². The molecule has 0 bridgehead atoms. The second-order valence-electron chi connectivity index (χ2n) is 6.49. The molecule has 0 saturated heterocycles. The number of ether oxygens (including phenoxy) is 1. The number of carbonyl (C=O) groups excluding carboxylic acids is 1. The predicted octanol–water partition coefficient (Wildman–Crippen LogP) is 4.25. The van der Waals surface area contributed by atoms with Gasteiger partial charge in [-0.3, -0.25) is 4.79 Å². The van der Waals surface area contributed by atoms with Crippen LogP contribution in [0.5, 0.6) is 0 Å². The number of nitrogens with zero attached hydrogens (tertiary/aromatic N) is 1. The molecule has 1 fully saturated rings. The van der Waals surface area contributed by atoms with E-state index in [1.807, 2.05) is 17.6 Å². The fourth-order valence-corrected chi connectivity index (χ4v) is 3.71. The molecule has 128 valence electrons. The van der Waals surface area contributed by atoms with Gasteiger partial charge in [-0.25, -0.2) is 4.79 Å². The van der Waals surface area contributed by atoms with Gasteiger partial charge in [0.2, 0.25) is 5.43 Å². The molecule has 0 amide bonds. The van der Waals surface area contributed by atoms with E-state index in [1.165, 1.54) is 37.7 Å². The summed E-state index contributed by atoms with van der Waals surface area (Å²) >= 11 is 0. The monoisotopic (exact) mass is 327 g/mol. The van der Waals surface area contributed by atoms with Crippen molar-refractivity contribution in [3.05, 3.63) is 45.7 Å². The van der Waals surface area contributed by atoms with E-state index >= 15 is 0 Å². The highest BCUT2D eigenvalue weighted by Gasteiger charge is 2.19. The van der Waals surface area contributed by atoms with Crippen LogP contribution in [-0.2, 0) is 11.3 Å². The summed E-state index contributed by atoms with van der Waals surface area (Å²) in [4.78, 5) is 24.7. The molecule has 2 aromatic rings. The number of hydrogen-bond donors (Lipinski definition) is 0. The maximum atomic E-state index is 12.7. The quantitative estimate of drug-likeness (QED) is 0.789. The van der Waals surface area contributed by atoms with Crippen molar-refractivity contribution in [3.63, 3.8) is 0 Å². The Morgan fingerprint density at radius 2 is 1.96 bits per heavy atom. The largest absolute Gasteiger partial charge is 0.462 e. The summed E-state index contributed by atoms with van der Waals surface area (Å²) in [7, 11) is 0. The van der Waals surface area contributed by atoms with Gasteiger partial charge in [0, 0.05) is 18.1 Å². The first-order chi connectivity index (χ1) is 11.7. The molecule has 24 heavy (non-hydrogen) atoms. The van der Waals surface area contributed by atoms with Gasteiger partial charge in [-0.05, 0) is 50.3 Å². The summed E-state index contributed by atoms with van der Waals surface area (Å²) in [5, 5.41) is 0.599. The van der Waals surface area contributed by atoms with Gasteiger partial charge in [0.05, 0.1) is 12.1 Å². The number of fused-ring (bicyclic) bond motifs is 1. The lowest BCUT2D eigenvalue weighted by molar-refractivity contribution is 0.0524. The van der Waals surface area contributed by atoms with Crippen molar-refractivity contribution in [1.29, 1.82) is 0 Å². The zero-order chi connectivity index (χ0) is 17.1. The number of carbonyl (C=O) groups is 1. The second-order valence-corrected chi connectivity index (χ2v) is 6.49. The smallest absolute Gasteiger partial charge is 0.343 e. The van der Waals surface area contributed by atoms with E-state index in [4.69, 9.17) is 4.74 Å². The van der Waals surface area contributed by atoms with Crippen LogP contribution in [0.15, 0.2) is 29.2 Å². The first-order valence-corrected chi connectivity index (χ1v) is 9.00. The van der Waals surface area contributed by atoms with Crippen molar-refractivity contribution in [2.24, 2.45) is 0 Å². The molecule has 4 heteroatoms. The first kappa shape index (κ1) is 16.7. The van der Waals surface area contributed by atoms with E-state index < -0.39 is 5.97 Å². The number of aryl methyl sites for hydroxylation is 1. The van der Waals surface area contributed by atoms with E-state index in [0.29, 0.717) is 17.8 Å². The Balaban J connectivity index is 2.11. The molecule has 1 aliphatic rings. The standard InChI is InChI=1S/C20H25NO3/c1-3-21-13-17(20(23)24-4-2)19(22)16-11-10-15(12-18(16)21)14-8-6-5-7-9-14/h10-14H,3-9H2,1-2H3. The molecule has 1 aliphatic carbocycles. The zero-order valence-corrected chi connectivity index (χ0v) is 14.5. The van der Waals surface area contributed by atoms with Crippen LogP contribution in [-0.4, -0.2) is 17.1 Å². The fourth-order valence-electron chi connectivity index (χ4n) is 3.71. The van der Waals surface area contributed by atoms with Crippen LogP contribution < -0.4 is 5.43 Å². The average molecular weight is 327 g/mol. The van der Waals surface area contributed by atoms with Crippen molar-refractivity contribution in [2.45, 2.75) is 58.4 Å². The van der Waals surface area contributed by atoms with Gasteiger partial charge in [0.1, 0.15) is 5.56 Å². The molecule has 0 N–H and O–H groups in total. The Labute approximate surface area is 142 Å². The summed E-state index contributed by atoms with van der Waals surface area (Å²) in [5.74, 6) is 0.0521. The third-order valence-electron chi connectivity index (χ3n) is 5.02. The average Bonchev–Trinajstić information content (AvgIpc) is 2.62. The van der Waals surface area contributed by atoms with Gasteiger partial charge in [-0.2, -0.15) is 0 Å².